The van der Waals surface area contributed by atoms with Crippen molar-refractivity contribution in [1.82, 2.24) is 9.47 Å². The molecule has 0 aliphatic carbocycles. The van der Waals surface area contributed by atoms with E-state index in [1.54, 1.807) is 7.11 Å². The van der Waals surface area contributed by atoms with Crippen LogP contribution in [0.5, 0.6) is 5.75 Å². The van der Waals surface area contributed by atoms with Gasteiger partial charge in [0.15, 0.2) is 0 Å². The lowest BCUT2D eigenvalue weighted by Gasteiger charge is -2.31. The van der Waals surface area contributed by atoms with Gasteiger partial charge in [-0.3, -0.25) is 4.90 Å². The predicted octanol–water partition coefficient (Wildman–Crippen LogP) is 4.92. The van der Waals surface area contributed by atoms with Crippen molar-refractivity contribution >= 4 is 22.5 Å². The summed E-state index contributed by atoms with van der Waals surface area (Å²) < 4.78 is 7.99. The van der Waals surface area contributed by atoms with Crippen molar-refractivity contribution < 1.29 is 4.74 Å². The number of fused-ring (bicyclic) bond motifs is 3. The van der Waals surface area contributed by atoms with E-state index in [4.69, 9.17) is 16.3 Å². The molecule has 3 aromatic rings. The maximum absolute atomic E-state index is 6.02. The largest absolute Gasteiger partial charge is 0.497 e. The van der Waals surface area contributed by atoms with E-state index in [2.05, 4.69) is 53.8 Å². The summed E-state index contributed by atoms with van der Waals surface area (Å²) in [6, 6.07) is 15.2. The molecule has 4 heteroatoms. The molecular weight excluding hydrogens is 344 g/mol. The number of methoxy groups -OCH3 is 1. The molecule has 2 aromatic carbocycles. The van der Waals surface area contributed by atoms with Gasteiger partial charge >= 0.3 is 0 Å². The number of hydrogen-bond donors (Lipinski definition) is 0. The van der Waals surface area contributed by atoms with Gasteiger partial charge in [-0.15, -0.1) is 0 Å². The Kier molecular flexibility index (Phi) is 4.68. The highest BCUT2D eigenvalue weighted by atomic mass is 35.5. The van der Waals surface area contributed by atoms with Gasteiger partial charge < -0.3 is 9.30 Å². The molecule has 1 aromatic heterocycles. The lowest BCUT2D eigenvalue weighted by Crippen LogP contribution is -2.35. The molecule has 26 heavy (non-hydrogen) atoms. The van der Waals surface area contributed by atoms with Gasteiger partial charge in [0.1, 0.15) is 5.75 Å². The SMILES string of the molecule is COc1ccc2c(c1)c1c(n2CCc2ccc(Cl)cc2)CC(C)N(C)C1. The molecule has 0 radical (unpaired) electrons. The second kappa shape index (κ2) is 6.98. The lowest BCUT2D eigenvalue weighted by atomic mass is 10.00. The maximum atomic E-state index is 6.02. The second-order valence-electron chi connectivity index (χ2n) is 7.30. The number of rotatable bonds is 4. The van der Waals surface area contributed by atoms with Gasteiger partial charge in [0.2, 0.25) is 0 Å². The quantitative estimate of drug-likeness (QED) is 0.650. The molecule has 2 heterocycles. The molecular formula is C22H25ClN2O. The fourth-order valence-electron chi connectivity index (χ4n) is 3.98. The van der Waals surface area contributed by atoms with Gasteiger partial charge in [-0.2, -0.15) is 0 Å². The average Bonchev–Trinajstić information content (AvgIpc) is 2.94. The van der Waals surface area contributed by atoms with E-state index in [0.29, 0.717) is 6.04 Å². The number of hydrogen-bond acceptors (Lipinski definition) is 2. The van der Waals surface area contributed by atoms with Crippen molar-refractivity contribution in [3.05, 3.63) is 64.3 Å². The molecule has 1 aliphatic heterocycles. The molecule has 3 nitrogen and oxygen atoms in total. The van der Waals surface area contributed by atoms with Crippen LogP contribution in [0.25, 0.3) is 10.9 Å². The Balaban J connectivity index is 1.75. The van der Waals surface area contributed by atoms with Crippen molar-refractivity contribution in [3.63, 3.8) is 0 Å². The number of benzene rings is 2. The van der Waals surface area contributed by atoms with Gasteiger partial charge in [0.25, 0.3) is 0 Å². The molecule has 1 unspecified atom stereocenters. The van der Waals surface area contributed by atoms with Crippen molar-refractivity contribution in [2.45, 2.75) is 38.9 Å². The van der Waals surface area contributed by atoms with E-state index < -0.39 is 0 Å². The van der Waals surface area contributed by atoms with Crippen LogP contribution >= 0.6 is 11.6 Å². The first-order valence-corrected chi connectivity index (χ1v) is 9.57. The van der Waals surface area contributed by atoms with Crippen LogP contribution in [0.15, 0.2) is 42.5 Å². The van der Waals surface area contributed by atoms with Crippen LogP contribution in [-0.4, -0.2) is 29.7 Å². The second-order valence-corrected chi connectivity index (χ2v) is 7.74. The first kappa shape index (κ1) is 17.4. The third-order valence-electron chi connectivity index (χ3n) is 5.68. The van der Waals surface area contributed by atoms with Crippen LogP contribution < -0.4 is 4.74 Å². The molecule has 1 atom stereocenters. The van der Waals surface area contributed by atoms with Gasteiger partial charge in [0.05, 0.1) is 7.11 Å². The van der Waals surface area contributed by atoms with Crippen molar-refractivity contribution in [2.24, 2.45) is 0 Å². The number of nitrogens with zero attached hydrogens (tertiary/aromatic N) is 2. The van der Waals surface area contributed by atoms with Gasteiger partial charge in [-0.05, 0) is 61.9 Å². The monoisotopic (exact) mass is 368 g/mol. The number of likely N-dealkylation sites (N-methyl/N-ethyl adjacent to an activating group) is 1. The highest BCUT2D eigenvalue weighted by molar-refractivity contribution is 6.30. The lowest BCUT2D eigenvalue weighted by molar-refractivity contribution is 0.228. The van der Waals surface area contributed by atoms with E-state index in [1.807, 2.05) is 12.1 Å². The van der Waals surface area contributed by atoms with Crippen LogP contribution in [0, 0.1) is 0 Å². The number of aromatic nitrogens is 1. The Morgan fingerprint density at radius 3 is 2.65 bits per heavy atom. The summed E-state index contributed by atoms with van der Waals surface area (Å²) in [7, 11) is 3.95. The van der Waals surface area contributed by atoms with Crippen molar-refractivity contribution in [2.75, 3.05) is 14.2 Å². The summed E-state index contributed by atoms with van der Waals surface area (Å²) >= 11 is 6.02. The molecule has 0 saturated heterocycles. The molecule has 0 fully saturated rings. The zero-order valence-corrected chi connectivity index (χ0v) is 16.4. The summed E-state index contributed by atoms with van der Waals surface area (Å²) in [4.78, 5) is 2.44. The molecule has 0 spiro atoms. The molecule has 0 amide bonds. The highest BCUT2D eigenvalue weighted by Gasteiger charge is 2.26. The topological polar surface area (TPSA) is 17.4 Å². The maximum Gasteiger partial charge on any atom is 0.119 e. The Morgan fingerprint density at radius 2 is 1.92 bits per heavy atom. The van der Waals surface area contributed by atoms with Crippen LogP contribution in [0.2, 0.25) is 5.02 Å². The zero-order valence-electron chi connectivity index (χ0n) is 15.6. The Hall–Kier alpha value is -1.97. The van der Waals surface area contributed by atoms with E-state index >= 15 is 0 Å². The van der Waals surface area contributed by atoms with Crippen molar-refractivity contribution in [1.29, 1.82) is 0 Å². The predicted molar refractivity (Wildman–Crippen MR) is 108 cm³/mol. The molecule has 0 bridgehead atoms. The third kappa shape index (κ3) is 3.10. The summed E-state index contributed by atoms with van der Waals surface area (Å²) in [5.74, 6) is 0.927. The van der Waals surface area contributed by atoms with E-state index in [1.165, 1.54) is 27.7 Å². The molecule has 0 N–H and O–H groups in total. The Bertz CT molecular complexity index is 929. The fraction of sp³-hybridized carbons (Fsp3) is 0.364. The molecule has 4 rings (SSSR count). The minimum absolute atomic E-state index is 0.558. The van der Waals surface area contributed by atoms with Crippen LogP contribution in [-0.2, 0) is 25.9 Å². The minimum Gasteiger partial charge on any atom is -0.497 e. The Labute approximate surface area is 160 Å². The smallest absolute Gasteiger partial charge is 0.119 e. The summed E-state index contributed by atoms with van der Waals surface area (Å²) in [6.45, 7) is 4.29. The third-order valence-corrected chi connectivity index (χ3v) is 5.93. The Morgan fingerprint density at radius 1 is 1.15 bits per heavy atom. The molecule has 136 valence electrons. The van der Waals surface area contributed by atoms with E-state index in [-0.39, 0.29) is 0 Å². The van der Waals surface area contributed by atoms with E-state index in [0.717, 1.165) is 36.7 Å². The van der Waals surface area contributed by atoms with Gasteiger partial charge in [0, 0.05) is 47.2 Å². The van der Waals surface area contributed by atoms with Crippen LogP contribution in [0.4, 0.5) is 0 Å². The number of halogens is 1. The minimum atomic E-state index is 0.558. The van der Waals surface area contributed by atoms with Gasteiger partial charge in [-0.25, -0.2) is 0 Å². The highest BCUT2D eigenvalue weighted by Crippen LogP contribution is 2.34. The van der Waals surface area contributed by atoms with Crippen molar-refractivity contribution in [3.8, 4) is 5.75 Å². The summed E-state index contributed by atoms with van der Waals surface area (Å²) in [5.41, 5.74) is 5.56. The first-order valence-electron chi connectivity index (χ1n) is 9.19. The normalized spacial score (nSPS) is 17.5. The standard InChI is InChI=1S/C22H25ClN2O/c1-15-12-22-20(14-24(15)2)19-13-18(26-3)8-9-21(19)25(22)11-10-16-4-6-17(23)7-5-16/h4-9,13,15H,10-12,14H2,1-3H3. The van der Waals surface area contributed by atoms with Crippen LogP contribution in [0.1, 0.15) is 23.7 Å². The first-order chi connectivity index (χ1) is 12.6. The summed E-state index contributed by atoms with van der Waals surface area (Å²) in [6.07, 6.45) is 2.09. The van der Waals surface area contributed by atoms with E-state index in [9.17, 15) is 0 Å². The zero-order chi connectivity index (χ0) is 18.3. The fourth-order valence-corrected chi connectivity index (χ4v) is 4.11. The molecule has 1 aliphatic rings. The van der Waals surface area contributed by atoms with Crippen LogP contribution in [0.3, 0.4) is 0 Å². The summed E-state index contributed by atoms with van der Waals surface area (Å²) in [5, 5.41) is 2.12. The number of ether oxygens (including phenoxy) is 1. The average molecular weight is 369 g/mol. The number of aryl methyl sites for hydroxylation is 2. The molecule has 0 saturated carbocycles. The van der Waals surface area contributed by atoms with Gasteiger partial charge in [-0.1, -0.05) is 23.7 Å².